The fraction of sp³-hybridized carbons (Fsp3) is 0.929. The fourth-order valence-corrected chi connectivity index (χ4v) is 3.14. The molecule has 1 aliphatic heterocycles. The summed E-state index contributed by atoms with van der Waals surface area (Å²) in [5.41, 5.74) is 0. The molecule has 1 fully saturated rings. The maximum atomic E-state index is 4.70. The normalized spacial score (nSPS) is 22.8. The Morgan fingerprint density at radius 3 is 2.72 bits per heavy atom. The summed E-state index contributed by atoms with van der Waals surface area (Å²) in [6, 6.07) is 0.618. The van der Waals surface area contributed by atoms with E-state index in [1.807, 2.05) is 11.8 Å². The van der Waals surface area contributed by atoms with Crippen molar-refractivity contribution in [3.8, 4) is 0 Å². The van der Waals surface area contributed by atoms with Crippen LogP contribution < -0.4 is 5.32 Å². The van der Waals surface area contributed by atoms with Crippen LogP contribution in [0.2, 0.25) is 0 Å². The zero-order valence-corrected chi connectivity index (χ0v) is 13.2. The molecule has 0 aliphatic carbocycles. The number of rotatable bonds is 7. The van der Waals surface area contributed by atoms with Crippen molar-refractivity contribution < 1.29 is 0 Å². The van der Waals surface area contributed by atoms with Crippen LogP contribution in [-0.4, -0.2) is 48.0 Å². The molecule has 0 radical (unpaired) electrons. The van der Waals surface area contributed by atoms with Crippen LogP contribution in [0.25, 0.3) is 0 Å². The highest BCUT2D eigenvalue weighted by Gasteiger charge is 2.19. The first kappa shape index (κ1) is 15.8. The second-order valence-corrected chi connectivity index (χ2v) is 6.28. The van der Waals surface area contributed by atoms with Gasteiger partial charge in [-0.05, 0) is 38.4 Å². The van der Waals surface area contributed by atoms with Gasteiger partial charge in [0.1, 0.15) is 0 Å². The lowest BCUT2D eigenvalue weighted by Crippen LogP contribution is -2.41. The Bertz CT molecular complexity index is 249. The Morgan fingerprint density at radius 2 is 2.11 bits per heavy atom. The van der Waals surface area contributed by atoms with Crippen LogP contribution in [0.15, 0.2) is 4.99 Å². The summed E-state index contributed by atoms with van der Waals surface area (Å²) >= 11 is 1.88. The largest absolute Gasteiger partial charge is 0.362 e. The number of amidine groups is 1. The number of nitrogens with zero attached hydrogens (tertiary/aromatic N) is 2. The molecule has 0 spiro atoms. The third kappa shape index (κ3) is 5.61. The molecule has 0 saturated carbocycles. The number of aliphatic imine (C=N–C) groups is 1. The molecular formula is C14H29N3S. The Morgan fingerprint density at radius 1 is 1.39 bits per heavy atom. The van der Waals surface area contributed by atoms with Gasteiger partial charge in [-0.1, -0.05) is 39.5 Å². The quantitative estimate of drug-likeness (QED) is 0.722. The molecule has 1 N–H and O–H groups in total. The van der Waals surface area contributed by atoms with Gasteiger partial charge in [-0.25, -0.2) is 0 Å². The number of nitrogens with one attached hydrogen (secondary N) is 1. The van der Waals surface area contributed by atoms with Crippen LogP contribution >= 0.6 is 11.8 Å². The van der Waals surface area contributed by atoms with Gasteiger partial charge >= 0.3 is 0 Å². The molecule has 0 aromatic rings. The number of thioether (sulfide) groups is 1. The molecule has 1 rings (SSSR count). The van der Waals surface area contributed by atoms with Crippen molar-refractivity contribution in [2.24, 2.45) is 10.9 Å². The van der Waals surface area contributed by atoms with E-state index in [2.05, 4.69) is 37.9 Å². The monoisotopic (exact) mass is 271 g/mol. The van der Waals surface area contributed by atoms with Crippen molar-refractivity contribution in [3.05, 3.63) is 0 Å². The van der Waals surface area contributed by atoms with Gasteiger partial charge in [0.15, 0.2) is 5.17 Å². The van der Waals surface area contributed by atoms with Crippen LogP contribution in [0.4, 0.5) is 0 Å². The van der Waals surface area contributed by atoms with Gasteiger partial charge in [0, 0.05) is 18.3 Å². The van der Waals surface area contributed by atoms with Gasteiger partial charge in [0.25, 0.3) is 0 Å². The van der Waals surface area contributed by atoms with Crippen molar-refractivity contribution in [2.75, 3.05) is 31.9 Å². The highest BCUT2D eigenvalue weighted by atomic mass is 32.2. The van der Waals surface area contributed by atoms with Gasteiger partial charge in [0.05, 0.1) is 0 Å². The Kier molecular flexibility index (Phi) is 7.75. The summed E-state index contributed by atoms with van der Waals surface area (Å²) in [6.07, 6.45) is 2.43. The lowest BCUT2D eigenvalue weighted by atomic mass is 10.0. The molecular weight excluding hydrogens is 242 g/mol. The molecule has 3 nitrogen and oxygen atoms in total. The van der Waals surface area contributed by atoms with E-state index in [0.717, 1.165) is 19.6 Å². The zero-order chi connectivity index (χ0) is 13.4. The highest BCUT2D eigenvalue weighted by Crippen LogP contribution is 2.18. The molecule has 1 aliphatic rings. The van der Waals surface area contributed by atoms with Crippen LogP contribution in [-0.2, 0) is 0 Å². The summed E-state index contributed by atoms with van der Waals surface area (Å²) in [4.78, 5) is 7.16. The van der Waals surface area contributed by atoms with E-state index in [0.29, 0.717) is 12.0 Å². The first-order chi connectivity index (χ1) is 8.67. The Hall–Kier alpha value is -0.220. The SMILES string of the molecule is CCN(CC)CCCN=C1NC(C(C)C)CCS1. The lowest BCUT2D eigenvalue weighted by Gasteiger charge is -2.28. The van der Waals surface area contributed by atoms with Gasteiger partial charge in [-0.3, -0.25) is 4.99 Å². The van der Waals surface area contributed by atoms with Crippen molar-refractivity contribution in [1.82, 2.24) is 10.2 Å². The molecule has 0 aromatic heterocycles. The number of hydrogen-bond acceptors (Lipinski definition) is 3. The van der Waals surface area contributed by atoms with E-state index in [1.165, 1.54) is 30.3 Å². The first-order valence-corrected chi connectivity index (χ1v) is 8.32. The summed E-state index contributed by atoms with van der Waals surface area (Å²) in [5.74, 6) is 1.91. The Balaban J connectivity index is 2.25. The van der Waals surface area contributed by atoms with E-state index in [4.69, 9.17) is 4.99 Å². The lowest BCUT2D eigenvalue weighted by molar-refractivity contribution is 0.302. The van der Waals surface area contributed by atoms with Crippen molar-refractivity contribution in [2.45, 2.75) is 46.6 Å². The fourth-order valence-electron chi connectivity index (χ4n) is 2.16. The highest BCUT2D eigenvalue weighted by molar-refractivity contribution is 8.13. The van der Waals surface area contributed by atoms with Crippen LogP contribution in [0.1, 0.15) is 40.5 Å². The smallest absolute Gasteiger partial charge is 0.156 e. The van der Waals surface area contributed by atoms with Crippen LogP contribution in [0, 0.1) is 5.92 Å². The molecule has 18 heavy (non-hydrogen) atoms. The van der Waals surface area contributed by atoms with Gasteiger partial charge in [-0.15, -0.1) is 0 Å². The minimum atomic E-state index is 0.618. The maximum absolute atomic E-state index is 4.70. The molecule has 1 saturated heterocycles. The molecule has 1 heterocycles. The van der Waals surface area contributed by atoms with E-state index in [9.17, 15) is 0 Å². The van der Waals surface area contributed by atoms with E-state index in [1.54, 1.807) is 0 Å². The molecule has 4 heteroatoms. The third-order valence-corrected chi connectivity index (χ3v) is 4.52. The summed E-state index contributed by atoms with van der Waals surface area (Å²) in [7, 11) is 0. The van der Waals surface area contributed by atoms with Crippen molar-refractivity contribution in [1.29, 1.82) is 0 Å². The molecule has 1 atom stereocenters. The number of hydrogen-bond donors (Lipinski definition) is 1. The minimum absolute atomic E-state index is 0.618. The topological polar surface area (TPSA) is 27.6 Å². The van der Waals surface area contributed by atoms with Crippen LogP contribution in [0.5, 0.6) is 0 Å². The summed E-state index contributed by atoms with van der Waals surface area (Å²) < 4.78 is 0. The van der Waals surface area contributed by atoms with E-state index < -0.39 is 0 Å². The minimum Gasteiger partial charge on any atom is -0.362 e. The standard InChI is InChI=1S/C14H29N3S/c1-5-17(6-2)10-7-9-15-14-16-13(12(3)4)8-11-18-14/h12-13H,5-11H2,1-4H3,(H,15,16). The summed E-state index contributed by atoms with van der Waals surface area (Å²) in [5, 5.41) is 4.73. The van der Waals surface area contributed by atoms with E-state index >= 15 is 0 Å². The van der Waals surface area contributed by atoms with Crippen LogP contribution in [0.3, 0.4) is 0 Å². The van der Waals surface area contributed by atoms with E-state index in [-0.39, 0.29) is 0 Å². The predicted octanol–water partition coefficient (Wildman–Crippen LogP) is 2.83. The summed E-state index contributed by atoms with van der Waals surface area (Å²) in [6.45, 7) is 13.4. The predicted molar refractivity (Wildman–Crippen MR) is 83.5 cm³/mol. The van der Waals surface area contributed by atoms with Gasteiger partial charge in [0.2, 0.25) is 0 Å². The van der Waals surface area contributed by atoms with Crippen molar-refractivity contribution in [3.63, 3.8) is 0 Å². The average molecular weight is 271 g/mol. The molecule has 106 valence electrons. The molecule has 0 amide bonds. The molecule has 1 unspecified atom stereocenters. The second-order valence-electron chi connectivity index (χ2n) is 5.20. The third-order valence-electron chi connectivity index (χ3n) is 3.56. The van der Waals surface area contributed by atoms with Crippen molar-refractivity contribution >= 4 is 16.9 Å². The van der Waals surface area contributed by atoms with Gasteiger partial charge in [-0.2, -0.15) is 0 Å². The molecule has 0 bridgehead atoms. The maximum Gasteiger partial charge on any atom is 0.156 e. The zero-order valence-electron chi connectivity index (χ0n) is 12.4. The van der Waals surface area contributed by atoms with Gasteiger partial charge < -0.3 is 10.2 Å². The Labute approximate surface area is 117 Å². The second kappa shape index (κ2) is 8.81. The first-order valence-electron chi connectivity index (χ1n) is 7.33. The average Bonchev–Trinajstić information content (AvgIpc) is 2.39. The molecule has 0 aromatic carbocycles.